The standard InChI is InChI=1S/C11H19BrN2O2/c1-4-13-5-10(16)14(6-9(13)15)8-11(2,3)7-12/h4-8H2,1-3H3. The lowest BCUT2D eigenvalue weighted by molar-refractivity contribution is -0.150. The van der Waals surface area contributed by atoms with Gasteiger partial charge in [0.1, 0.15) is 0 Å². The molecule has 0 N–H and O–H groups in total. The number of likely N-dealkylation sites (N-methyl/N-ethyl adjacent to an activating group) is 1. The van der Waals surface area contributed by atoms with Crippen molar-refractivity contribution in [1.29, 1.82) is 0 Å². The summed E-state index contributed by atoms with van der Waals surface area (Å²) in [7, 11) is 0. The largest absolute Gasteiger partial charge is 0.332 e. The molecule has 1 aliphatic heterocycles. The van der Waals surface area contributed by atoms with Gasteiger partial charge in [0.2, 0.25) is 11.8 Å². The zero-order valence-corrected chi connectivity index (χ0v) is 11.7. The predicted octanol–water partition coefficient (Wildman–Crippen LogP) is 1.10. The number of rotatable bonds is 4. The van der Waals surface area contributed by atoms with E-state index in [4.69, 9.17) is 0 Å². The first kappa shape index (κ1) is 13.5. The average molecular weight is 291 g/mol. The van der Waals surface area contributed by atoms with Crippen LogP contribution < -0.4 is 0 Å². The molecule has 0 aliphatic carbocycles. The van der Waals surface area contributed by atoms with Crippen LogP contribution in [0.25, 0.3) is 0 Å². The highest BCUT2D eigenvalue weighted by molar-refractivity contribution is 9.09. The molecule has 0 aromatic rings. The Hall–Kier alpha value is -0.580. The van der Waals surface area contributed by atoms with E-state index in [1.807, 2.05) is 6.92 Å². The highest BCUT2D eigenvalue weighted by atomic mass is 79.9. The number of nitrogens with zero attached hydrogens (tertiary/aromatic N) is 2. The monoisotopic (exact) mass is 290 g/mol. The van der Waals surface area contributed by atoms with Gasteiger partial charge in [-0.2, -0.15) is 0 Å². The van der Waals surface area contributed by atoms with E-state index in [0.717, 1.165) is 5.33 Å². The van der Waals surface area contributed by atoms with Gasteiger partial charge in [-0.3, -0.25) is 9.59 Å². The molecule has 1 saturated heterocycles. The number of carbonyl (C=O) groups excluding carboxylic acids is 2. The summed E-state index contributed by atoms with van der Waals surface area (Å²) in [6.45, 7) is 7.73. The molecule has 0 radical (unpaired) electrons. The Bertz CT molecular complexity index is 292. The molecule has 0 aromatic heterocycles. The lowest BCUT2D eigenvalue weighted by Gasteiger charge is -2.37. The van der Waals surface area contributed by atoms with Crippen molar-refractivity contribution in [2.75, 3.05) is 31.5 Å². The van der Waals surface area contributed by atoms with Crippen LogP contribution in [0.3, 0.4) is 0 Å². The van der Waals surface area contributed by atoms with Crippen LogP contribution in [0.1, 0.15) is 20.8 Å². The van der Waals surface area contributed by atoms with E-state index in [2.05, 4.69) is 29.8 Å². The number of amides is 2. The van der Waals surface area contributed by atoms with E-state index in [1.165, 1.54) is 0 Å². The van der Waals surface area contributed by atoms with Crippen molar-refractivity contribution in [2.45, 2.75) is 20.8 Å². The summed E-state index contributed by atoms with van der Waals surface area (Å²) in [4.78, 5) is 26.8. The Morgan fingerprint density at radius 3 is 2.19 bits per heavy atom. The molecule has 4 nitrogen and oxygen atoms in total. The number of hydrogen-bond donors (Lipinski definition) is 0. The summed E-state index contributed by atoms with van der Waals surface area (Å²) in [5, 5.41) is 0.815. The van der Waals surface area contributed by atoms with Crippen LogP contribution in [-0.2, 0) is 9.59 Å². The van der Waals surface area contributed by atoms with Crippen LogP contribution in [0, 0.1) is 5.41 Å². The Morgan fingerprint density at radius 1 is 1.19 bits per heavy atom. The number of piperazine rings is 1. The zero-order chi connectivity index (χ0) is 12.3. The molecule has 1 fully saturated rings. The Labute approximate surface area is 105 Å². The maximum atomic E-state index is 11.8. The Kier molecular flexibility index (Phi) is 4.35. The molecule has 0 unspecified atom stereocenters. The maximum absolute atomic E-state index is 11.8. The molecule has 16 heavy (non-hydrogen) atoms. The van der Waals surface area contributed by atoms with Crippen molar-refractivity contribution >= 4 is 27.7 Å². The summed E-state index contributed by atoms with van der Waals surface area (Å²) in [6.07, 6.45) is 0. The van der Waals surface area contributed by atoms with Gasteiger partial charge < -0.3 is 9.80 Å². The second-order valence-electron chi connectivity index (χ2n) is 4.96. The Morgan fingerprint density at radius 2 is 1.69 bits per heavy atom. The normalized spacial score (nSPS) is 18.2. The summed E-state index contributed by atoms with van der Waals surface area (Å²) >= 11 is 3.42. The molecule has 0 saturated carbocycles. The van der Waals surface area contributed by atoms with Crippen LogP contribution in [0.4, 0.5) is 0 Å². The van der Waals surface area contributed by atoms with E-state index in [0.29, 0.717) is 13.1 Å². The molecule has 1 rings (SSSR count). The minimum Gasteiger partial charge on any atom is -0.332 e. The number of carbonyl (C=O) groups is 2. The fraction of sp³-hybridized carbons (Fsp3) is 0.818. The zero-order valence-electron chi connectivity index (χ0n) is 10.1. The molecular formula is C11H19BrN2O2. The molecule has 0 spiro atoms. The average Bonchev–Trinajstić information content (AvgIpc) is 2.22. The smallest absolute Gasteiger partial charge is 0.242 e. The topological polar surface area (TPSA) is 40.6 Å². The lowest BCUT2D eigenvalue weighted by Crippen LogP contribution is -2.55. The third-order valence-corrected chi connectivity index (χ3v) is 4.24. The Balaban J connectivity index is 2.64. The molecule has 2 amide bonds. The van der Waals surface area contributed by atoms with Gasteiger partial charge in [-0.05, 0) is 12.3 Å². The summed E-state index contributed by atoms with van der Waals surface area (Å²) in [6, 6.07) is 0. The second-order valence-corrected chi connectivity index (χ2v) is 5.52. The first-order valence-corrected chi connectivity index (χ1v) is 6.63. The van der Waals surface area contributed by atoms with Crippen molar-refractivity contribution in [1.82, 2.24) is 9.80 Å². The number of halogens is 1. The van der Waals surface area contributed by atoms with Crippen molar-refractivity contribution in [3.63, 3.8) is 0 Å². The number of hydrogen-bond acceptors (Lipinski definition) is 2. The van der Waals surface area contributed by atoms with E-state index in [1.54, 1.807) is 9.80 Å². The molecule has 5 heteroatoms. The molecule has 1 aliphatic rings. The second kappa shape index (κ2) is 5.17. The van der Waals surface area contributed by atoms with Crippen LogP contribution in [0.2, 0.25) is 0 Å². The van der Waals surface area contributed by atoms with E-state index in [9.17, 15) is 9.59 Å². The molecule has 92 valence electrons. The minimum absolute atomic E-state index is 0.00429. The first-order chi connectivity index (χ1) is 7.39. The van der Waals surface area contributed by atoms with Crippen LogP contribution in [0.5, 0.6) is 0 Å². The number of alkyl halides is 1. The van der Waals surface area contributed by atoms with Crippen LogP contribution in [-0.4, -0.2) is 53.1 Å². The van der Waals surface area contributed by atoms with Crippen molar-refractivity contribution in [3.05, 3.63) is 0 Å². The van der Waals surface area contributed by atoms with Gasteiger partial charge in [-0.15, -0.1) is 0 Å². The molecule has 0 atom stereocenters. The van der Waals surface area contributed by atoms with Gasteiger partial charge in [-0.25, -0.2) is 0 Å². The van der Waals surface area contributed by atoms with Gasteiger partial charge >= 0.3 is 0 Å². The quantitative estimate of drug-likeness (QED) is 0.728. The van der Waals surface area contributed by atoms with Crippen LogP contribution in [0.15, 0.2) is 0 Å². The van der Waals surface area contributed by atoms with Crippen molar-refractivity contribution in [3.8, 4) is 0 Å². The molecule has 0 aromatic carbocycles. The SMILES string of the molecule is CCN1CC(=O)N(CC(C)(C)CBr)CC1=O. The van der Waals surface area contributed by atoms with Crippen LogP contribution >= 0.6 is 15.9 Å². The van der Waals surface area contributed by atoms with E-state index >= 15 is 0 Å². The van der Waals surface area contributed by atoms with Crippen molar-refractivity contribution in [2.24, 2.45) is 5.41 Å². The van der Waals surface area contributed by atoms with Gasteiger partial charge in [0.25, 0.3) is 0 Å². The van der Waals surface area contributed by atoms with E-state index < -0.39 is 0 Å². The van der Waals surface area contributed by atoms with Gasteiger partial charge in [0, 0.05) is 18.4 Å². The van der Waals surface area contributed by atoms with E-state index in [-0.39, 0.29) is 30.3 Å². The van der Waals surface area contributed by atoms with Gasteiger partial charge in [-0.1, -0.05) is 29.8 Å². The lowest BCUT2D eigenvalue weighted by atomic mass is 9.95. The van der Waals surface area contributed by atoms with Crippen molar-refractivity contribution < 1.29 is 9.59 Å². The third kappa shape index (κ3) is 3.20. The third-order valence-electron chi connectivity index (χ3n) is 2.72. The highest BCUT2D eigenvalue weighted by Gasteiger charge is 2.32. The summed E-state index contributed by atoms with van der Waals surface area (Å²) in [5.41, 5.74) is 0.00429. The first-order valence-electron chi connectivity index (χ1n) is 5.51. The van der Waals surface area contributed by atoms with Gasteiger partial charge in [0.15, 0.2) is 0 Å². The molecule has 1 heterocycles. The molecule has 0 bridgehead atoms. The van der Waals surface area contributed by atoms with Gasteiger partial charge in [0.05, 0.1) is 13.1 Å². The fourth-order valence-electron chi connectivity index (χ4n) is 1.69. The minimum atomic E-state index is 0.00429. The highest BCUT2D eigenvalue weighted by Crippen LogP contribution is 2.21. The fourth-order valence-corrected chi connectivity index (χ4v) is 1.87. The summed E-state index contributed by atoms with van der Waals surface area (Å²) < 4.78 is 0. The predicted molar refractivity (Wildman–Crippen MR) is 66.4 cm³/mol. The maximum Gasteiger partial charge on any atom is 0.242 e. The molecular weight excluding hydrogens is 272 g/mol. The summed E-state index contributed by atoms with van der Waals surface area (Å²) in [5.74, 6) is 0.1000.